The van der Waals surface area contributed by atoms with Gasteiger partial charge in [0, 0.05) is 21.5 Å². The van der Waals surface area contributed by atoms with Gasteiger partial charge in [0.2, 0.25) is 21.7 Å². The average Bonchev–Trinajstić information content (AvgIpc) is 2.90. The van der Waals surface area contributed by atoms with Gasteiger partial charge in [-0.15, -0.1) is 0 Å². The van der Waals surface area contributed by atoms with Gasteiger partial charge in [0.05, 0.1) is 0 Å². The van der Waals surface area contributed by atoms with Gasteiger partial charge in [-0.1, -0.05) is 72.8 Å². The second-order valence-corrected chi connectivity index (χ2v) is 9.12. The third-order valence-electron chi connectivity index (χ3n) is 7.13. The molecule has 0 saturated heterocycles. The highest BCUT2D eigenvalue weighted by Gasteiger charge is 2.12. The molecule has 0 aliphatic carbocycles. The molecule has 0 radical (unpaired) electrons. The quantitative estimate of drug-likeness (QED) is 0.220. The zero-order valence-electron chi connectivity index (χ0n) is 18.9. The zero-order chi connectivity index (χ0) is 24.6. The predicted molar refractivity (Wildman–Crippen MR) is 148 cm³/mol. The van der Waals surface area contributed by atoms with Crippen molar-refractivity contribution in [2.45, 2.75) is 0 Å². The van der Waals surface area contributed by atoms with Gasteiger partial charge in [0.1, 0.15) is 0 Å². The van der Waals surface area contributed by atoms with Crippen molar-refractivity contribution in [3.63, 3.8) is 0 Å². The minimum absolute atomic E-state index is 0.402. The fourth-order valence-electron chi connectivity index (χ4n) is 5.52. The molecule has 0 aliphatic heterocycles. The van der Waals surface area contributed by atoms with Crippen LogP contribution in [-0.2, 0) is 0 Å². The van der Waals surface area contributed by atoms with Crippen molar-refractivity contribution in [1.82, 2.24) is 0 Å². The first kappa shape index (κ1) is 20.4. The van der Waals surface area contributed by atoms with E-state index < -0.39 is 21.7 Å². The van der Waals surface area contributed by atoms with E-state index in [-0.39, 0.29) is 0 Å². The summed E-state index contributed by atoms with van der Waals surface area (Å²) in [7, 11) is 0. The van der Waals surface area contributed by atoms with Gasteiger partial charge >= 0.3 is 0 Å². The van der Waals surface area contributed by atoms with Crippen LogP contribution in [-0.4, -0.2) is 0 Å². The summed E-state index contributed by atoms with van der Waals surface area (Å²) in [5.41, 5.74) is -1.66. The zero-order valence-corrected chi connectivity index (χ0v) is 18.9. The van der Waals surface area contributed by atoms with Gasteiger partial charge in [-0.3, -0.25) is 19.2 Å². The lowest BCUT2D eigenvalue weighted by molar-refractivity contribution is 1.56. The van der Waals surface area contributed by atoms with E-state index in [1.165, 1.54) is 12.1 Å². The predicted octanol–water partition coefficient (Wildman–Crippen LogP) is 5.48. The Kier molecular flexibility index (Phi) is 4.12. The number of hydrogen-bond donors (Lipinski definition) is 0. The highest BCUT2D eigenvalue weighted by Crippen LogP contribution is 2.33. The smallest absolute Gasteiger partial charge is 0.233 e. The Morgan fingerprint density at radius 2 is 0.667 bits per heavy atom. The molecule has 4 nitrogen and oxygen atoms in total. The second kappa shape index (κ2) is 7.27. The lowest BCUT2D eigenvalue weighted by Crippen LogP contribution is -2.22. The molecule has 8 rings (SSSR count). The van der Waals surface area contributed by atoms with Gasteiger partial charge in [0.25, 0.3) is 0 Å². The summed E-state index contributed by atoms with van der Waals surface area (Å²) in [5.74, 6) is 0. The molecule has 0 saturated carbocycles. The van der Waals surface area contributed by atoms with Crippen molar-refractivity contribution in [3.05, 3.63) is 138 Å². The number of rotatable bonds is 0. The Bertz CT molecular complexity index is 2140. The summed E-state index contributed by atoms with van der Waals surface area (Å²) in [6, 6.07) is 30.1. The Balaban J connectivity index is 0.000000122. The molecule has 0 atom stereocenters. The van der Waals surface area contributed by atoms with Gasteiger partial charge in [-0.05, 0) is 67.4 Å². The first-order valence-corrected chi connectivity index (χ1v) is 11.6. The molecule has 0 bridgehead atoms. The first-order valence-electron chi connectivity index (χ1n) is 11.6. The second-order valence-electron chi connectivity index (χ2n) is 9.12. The van der Waals surface area contributed by atoms with Crippen molar-refractivity contribution < 1.29 is 0 Å². The monoisotopic (exact) mass is 464 g/mol. The average molecular weight is 464 g/mol. The van der Waals surface area contributed by atoms with Crippen LogP contribution < -0.4 is 21.7 Å². The van der Waals surface area contributed by atoms with E-state index in [0.29, 0.717) is 10.8 Å². The standard InChI is InChI=1S/2C16H8O2/c2*17-13-8-11-5-4-9-2-1-3-10-6-7-12(16(13)18)15(11)14(9)10/h2*1-8H. The molecule has 8 aromatic carbocycles. The van der Waals surface area contributed by atoms with E-state index in [0.717, 1.165) is 53.9 Å². The fourth-order valence-corrected chi connectivity index (χ4v) is 5.52. The Morgan fingerprint density at radius 1 is 0.333 bits per heavy atom. The first-order chi connectivity index (χ1) is 17.5. The lowest BCUT2D eigenvalue weighted by Gasteiger charge is -2.08. The summed E-state index contributed by atoms with van der Waals surface area (Å²) in [5, 5.41) is 11.1. The molecule has 0 N–H and O–H groups in total. The van der Waals surface area contributed by atoms with Crippen molar-refractivity contribution in [2.75, 3.05) is 0 Å². The third-order valence-corrected chi connectivity index (χ3v) is 7.13. The molecule has 0 aliphatic rings. The Morgan fingerprint density at radius 3 is 1.06 bits per heavy atom. The van der Waals surface area contributed by atoms with Crippen LogP contribution in [0.25, 0.3) is 64.6 Å². The van der Waals surface area contributed by atoms with Crippen LogP contribution in [0, 0.1) is 0 Å². The van der Waals surface area contributed by atoms with E-state index in [1.54, 1.807) is 12.1 Å². The van der Waals surface area contributed by atoms with Crippen molar-refractivity contribution in [1.29, 1.82) is 0 Å². The van der Waals surface area contributed by atoms with Gasteiger partial charge < -0.3 is 0 Å². The number of hydrogen-bond acceptors (Lipinski definition) is 4. The van der Waals surface area contributed by atoms with E-state index in [4.69, 9.17) is 0 Å². The van der Waals surface area contributed by atoms with Crippen LogP contribution in [0.1, 0.15) is 0 Å². The minimum atomic E-state index is -0.430. The SMILES string of the molecule is O=c1cc2ccc3cccc4ccc(c1=O)c2c34.O=c1cc2ccc3cccc4ccc(c1=O)c2c34. The molecule has 0 unspecified atom stereocenters. The molecule has 8 aromatic rings. The summed E-state index contributed by atoms with van der Waals surface area (Å²) in [6.45, 7) is 0. The molecule has 0 spiro atoms. The molecule has 168 valence electrons. The normalized spacial score (nSPS) is 11.8. The van der Waals surface area contributed by atoms with Crippen molar-refractivity contribution in [3.8, 4) is 0 Å². The molecule has 4 heteroatoms. The van der Waals surface area contributed by atoms with Crippen LogP contribution in [0.15, 0.2) is 116 Å². The van der Waals surface area contributed by atoms with E-state index in [2.05, 4.69) is 0 Å². The molecule has 0 heterocycles. The molecule has 0 aromatic heterocycles. The molecule has 36 heavy (non-hydrogen) atoms. The van der Waals surface area contributed by atoms with E-state index in [1.807, 2.05) is 72.8 Å². The summed E-state index contributed by atoms with van der Waals surface area (Å²) in [6.07, 6.45) is 0. The minimum Gasteiger partial charge on any atom is -0.286 e. The highest BCUT2D eigenvalue weighted by atomic mass is 16.2. The van der Waals surface area contributed by atoms with Gasteiger partial charge in [0.15, 0.2) is 0 Å². The molecule has 0 fully saturated rings. The largest absolute Gasteiger partial charge is 0.286 e. The van der Waals surface area contributed by atoms with Crippen LogP contribution in [0.3, 0.4) is 0 Å². The maximum Gasteiger partial charge on any atom is 0.233 e. The van der Waals surface area contributed by atoms with Crippen molar-refractivity contribution in [2.24, 2.45) is 0 Å². The highest BCUT2D eigenvalue weighted by molar-refractivity contribution is 6.23. The van der Waals surface area contributed by atoms with Crippen LogP contribution >= 0.6 is 0 Å². The maximum atomic E-state index is 11.9. The van der Waals surface area contributed by atoms with E-state index >= 15 is 0 Å². The molecule has 0 amide bonds. The maximum absolute atomic E-state index is 11.9. The third kappa shape index (κ3) is 2.75. The van der Waals surface area contributed by atoms with Gasteiger partial charge in [-0.2, -0.15) is 0 Å². The molecular formula is C32H16O4. The van der Waals surface area contributed by atoms with Crippen LogP contribution in [0.4, 0.5) is 0 Å². The summed E-state index contributed by atoms with van der Waals surface area (Å²) < 4.78 is 0. The van der Waals surface area contributed by atoms with Crippen LogP contribution in [0.5, 0.6) is 0 Å². The topological polar surface area (TPSA) is 68.3 Å². The lowest BCUT2D eigenvalue weighted by atomic mass is 9.94. The fraction of sp³-hybridized carbons (Fsp3) is 0. The van der Waals surface area contributed by atoms with Gasteiger partial charge in [-0.25, -0.2) is 0 Å². The van der Waals surface area contributed by atoms with Crippen LogP contribution in [0.2, 0.25) is 0 Å². The Hall–Kier alpha value is -4.96. The Labute approximate surface area is 202 Å². The van der Waals surface area contributed by atoms with E-state index in [9.17, 15) is 19.2 Å². The molecular weight excluding hydrogens is 448 g/mol. The summed E-state index contributed by atoms with van der Waals surface area (Å²) >= 11 is 0. The van der Waals surface area contributed by atoms with Crippen molar-refractivity contribution >= 4 is 64.6 Å². The summed E-state index contributed by atoms with van der Waals surface area (Å²) in [4.78, 5) is 47.1. The number of benzene rings is 8.